The van der Waals surface area contributed by atoms with Gasteiger partial charge in [0.1, 0.15) is 5.71 Å². The molecule has 3 aromatic carbocycles. The third-order valence-corrected chi connectivity index (χ3v) is 8.61. The van der Waals surface area contributed by atoms with Crippen LogP contribution in [0.2, 0.25) is 0 Å². The normalized spacial score (nSPS) is 33.9. The van der Waals surface area contributed by atoms with Crippen LogP contribution in [0, 0.1) is 0 Å². The quantitative estimate of drug-likeness (QED) is 0.478. The van der Waals surface area contributed by atoms with Gasteiger partial charge in [-0.25, -0.2) is 9.89 Å². The number of amides is 3. The van der Waals surface area contributed by atoms with Gasteiger partial charge in [-0.05, 0) is 12.1 Å². The summed E-state index contributed by atoms with van der Waals surface area (Å²) in [4.78, 5) is 48.2. The van der Waals surface area contributed by atoms with Crippen molar-refractivity contribution >= 4 is 34.8 Å². The van der Waals surface area contributed by atoms with Crippen molar-refractivity contribution in [1.82, 2.24) is 0 Å². The number of ether oxygens (including phenoxy) is 4. The van der Waals surface area contributed by atoms with Crippen molar-refractivity contribution in [3.63, 3.8) is 0 Å². The monoisotopic (exact) mass is 551 g/mol. The van der Waals surface area contributed by atoms with Crippen molar-refractivity contribution < 1.29 is 33.3 Å². The van der Waals surface area contributed by atoms with Gasteiger partial charge in [0.2, 0.25) is 29.3 Å². The summed E-state index contributed by atoms with van der Waals surface area (Å²) in [7, 11) is 0. The van der Waals surface area contributed by atoms with Crippen molar-refractivity contribution in [1.29, 1.82) is 0 Å². The number of imide groups is 1. The minimum atomic E-state index is -1.96. The summed E-state index contributed by atoms with van der Waals surface area (Å²) in [5.41, 5.74) is -0.612. The van der Waals surface area contributed by atoms with Gasteiger partial charge >= 0.3 is 5.91 Å². The second-order valence-corrected chi connectivity index (χ2v) is 10.7. The first-order valence-corrected chi connectivity index (χ1v) is 13.5. The molecule has 3 aromatic rings. The van der Waals surface area contributed by atoms with E-state index in [1.165, 1.54) is 18.7 Å². The van der Waals surface area contributed by atoms with Crippen molar-refractivity contribution in [3.05, 3.63) is 95.6 Å². The average Bonchev–Trinajstić information content (AvgIpc) is 3.49. The summed E-state index contributed by atoms with van der Waals surface area (Å²) < 4.78 is 27.0. The zero-order chi connectivity index (χ0) is 28.4. The van der Waals surface area contributed by atoms with E-state index in [1.54, 1.807) is 48.5 Å². The van der Waals surface area contributed by atoms with Crippen LogP contribution >= 0.6 is 0 Å². The van der Waals surface area contributed by atoms with Gasteiger partial charge in [-0.3, -0.25) is 28.8 Å². The molecule has 10 heteroatoms. The molecule has 1 spiro atoms. The second-order valence-electron chi connectivity index (χ2n) is 10.7. The molecule has 3 amide bonds. The molecule has 5 heterocycles. The van der Waals surface area contributed by atoms with Crippen LogP contribution in [0.4, 0.5) is 11.4 Å². The van der Waals surface area contributed by atoms with Gasteiger partial charge in [0, 0.05) is 37.0 Å². The highest BCUT2D eigenvalue weighted by Crippen LogP contribution is 2.76. The highest BCUT2D eigenvalue weighted by molar-refractivity contribution is 6.23. The average molecular weight is 552 g/mol. The number of carbonyl (C=O) groups excluding carboxylic acids is 3. The van der Waals surface area contributed by atoms with Crippen LogP contribution in [0.25, 0.3) is 0 Å². The summed E-state index contributed by atoms with van der Waals surface area (Å²) in [5.74, 6) is -5.05. The number of anilines is 2. The van der Waals surface area contributed by atoms with E-state index in [0.29, 0.717) is 28.2 Å². The largest absolute Gasteiger partial charge is 0.323 e. The number of aliphatic imine (C=N–C) groups is 1. The molecule has 2 unspecified atom stereocenters. The highest BCUT2D eigenvalue weighted by atomic mass is 16.9. The van der Waals surface area contributed by atoms with Gasteiger partial charge < -0.3 is 9.47 Å². The Morgan fingerprint density at radius 2 is 1.49 bits per heavy atom. The Labute approximate surface area is 235 Å². The molecule has 0 saturated carbocycles. The van der Waals surface area contributed by atoms with Crippen LogP contribution in [-0.4, -0.2) is 41.5 Å². The maximum atomic E-state index is 14.6. The maximum Gasteiger partial charge on any atom is 0.302 e. The molecule has 5 atom stereocenters. The van der Waals surface area contributed by atoms with Crippen LogP contribution in [0.5, 0.6) is 0 Å². The topological polar surface area (TPSA) is 107 Å². The fourth-order valence-electron chi connectivity index (χ4n) is 7.08. The van der Waals surface area contributed by atoms with Gasteiger partial charge in [-0.2, -0.15) is 0 Å². The predicted octanol–water partition coefficient (Wildman–Crippen LogP) is 3.68. The fraction of sp³-hybridized carbons (Fsp3) is 0.290. The molecule has 0 aromatic heterocycles. The summed E-state index contributed by atoms with van der Waals surface area (Å²) in [6.07, 6.45) is -0.838. The number of fused-ring (bicyclic) bond motifs is 5. The van der Waals surface area contributed by atoms with E-state index >= 15 is 0 Å². The number of benzene rings is 3. The first kappa shape index (κ1) is 24.6. The molecule has 41 heavy (non-hydrogen) atoms. The van der Waals surface area contributed by atoms with Crippen LogP contribution in [0.1, 0.15) is 43.9 Å². The first-order valence-electron chi connectivity index (χ1n) is 13.5. The Bertz CT molecular complexity index is 1730. The minimum absolute atomic E-state index is 0.254. The van der Waals surface area contributed by atoms with E-state index in [-0.39, 0.29) is 6.42 Å². The van der Waals surface area contributed by atoms with E-state index in [9.17, 15) is 14.4 Å². The molecule has 206 valence electrons. The van der Waals surface area contributed by atoms with Crippen LogP contribution < -0.4 is 9.80 Å². The van der Waals surface area contributed by atoms with Crippen molar-refractivity contribution in [3.8, 4) is 0 Å². The van der Waals surface area contributed by atoms with Gasteiger partial charge in [0.25, 0.3) is 11.8 Å². The first-order chi connectivity index (χ1) is 19.8. The Hall–Kier alpha value is -4.22. The summed E-state index contributed by atoms with van der Waals surface area (Å²) in [6.45, 7) is 4.57. The third kappa shape index (κ3) is 2.58. The number of rotatable bonds is 2. The van der Waals surface area contributed by atoms with E-state index in [4.69, 9.17) is 23.9 Å². The Balaban J connectivity index is 1.46. The Morgan fingerprint density at radius 3 is 2.17 bits per heavy atom. The molecule has 2 bridgehead atoms. The smallest absolute Gasteiger partial charge is 0.302 e. The summed E-state index contributed by atoms with van der Waals surface area (Å²) in [5, 5.41) is 0. The summed E-state index contributed by atoms with van der Waals surface area (Å²) >= 11 is 0. The van der Waals surface area contributed by atoms with Crippen molar-refractivity contribution in [2.24, 2.45) is 4.99 Å². The van der Waals surface area contributed by atoms with Crippen LogP contribution in [0.15, 0.2) is 83.9 Å². The number of carbonyl (C=O) groups is 3. The number of hydrogen-bond donors (Lipinski definition) is 0. The third-order valence-electron chi connectivity index (χ3n) is 8.61. The molecule has 5 aliphatic rings. The minimum Gasteiger partial charge on any atom is -0.323 e. The van der Waals surface area contributed by atoms with Gasteiger partial charge in [0.15, 0.2) is 0 Å². The fourth-order valence-corrected chi connectivity index (χ4v) is 7.08. The number of hydrogen-bond acceptors (Lipinski definition) is 8. The zero-order valence-electron chi connectivity index (χ0n) is 22.5. The van der Waals surface area contributed by atoms with Crippen LogP contribution in [0.3, 0.4) is 0 Å². The highest BCUT2D eigenvalue weighted by Gasteiger charge is 2.93. The molecule has 0 aliphatic carbocycles. The molecule has 5 aliphatic heterocycles. The molecule has 8 rings (SSSR count). The van der Waals surface area contributed by atoms with Crippen molar-refractivity contribution in [2.45, 2.75) is 56.5 Å². The van der Waals surface area contributed by atoms with Gasteiger partial charge in [-0.15, -0.1) is 0 Å². The van der Waals surface area contributed by atoms with Crippen LogP contribution in [-0.2, 0) is 44.5 Å². The standard InChI is InChI=1S/C31H25N3O7/c1-4-28-32-25(20-12-6-5-7-13-20)26(38-28)39-30-22-15-9-11-17-24(22)34(19(3)36)31(30,40-28)41-29(30)21-14-8-10-16-23(21)33(18(2)35)27(29)37/h5-17,26H,4H2,1-3H3/t26?,28?,29-,30-,31-/m0/s1. The SMILES string of the molecule is CCC12N=C(c3ccccc3)C(O1)O[C@]13c4ccccc4N(C(C)=O)[C@@]1(O2)O[C@@]31C(=O)N(C(C)=O)c2ccccc21. The lowest BCUT2D eigenvalue weighted by Crippen LogP contribution is -2.85. The van der Waals surface area contributed by atoms with E-state index in [0.717, 1.165) is 10.5 Å². The molecule has 2 saturated heterocycles. The number of para-hydroxylation sites is 2. The van der Waals surface area contributed by atoms with E-state index < -0.39 is 47.0 Å². The zero-order valence-corrected chi connectivity index (χ0v) is 22.5. The molecule has 0 N–H and O–H groups in total. The maximum absolute atomic E-state index is 14.6. The second kappa shape index (κ2) is 7.74. The van der Waals surface area contributed by atoms with E-state index in [2.05, 4.69) is 0 Å². The van der Waals surface area contributed by atoms with E-state index in [1.807, 2.05) is 37.3 Å². The van der Waals surface area contributed by atoms with Gasteiger partial charge in [0.05, 0.1) is 11.4 Å². The predicted molar refractivity (Wildman–Crippen MR) is 144 cm³/mol. The van der Waals surface area contributed by atoms with Crippen molar-refractivity contribution in [2.75, 3.05) is 9.80 Å². The lowest BCUT2D eigenvalue weighted by Gasteiger charge is -2.64. The Kier molecular flexibility index (Phi) is 4.64. The number of nitrogens with zero attached hydrogens (tertiary/aromatic N) is 3. The molecule has 2 fully saturated rings. The molecular formula is C31H25N3O7. The Morgan fingerprint density at radius 1 is 0.829 bits per heavy atom. The molecule has 10 nitrogen and oxygen atoms in total. The summed E-state index contributed by atoms with van der Waals surface area (Å²) in [6, 6.07) is 23.5. The lowest BCUT2D eigenvalue weighted by molar-refractivity contribution is -0.493. The lowest BCUT2D eigenvalue weighted by atomic mass is 9.67. The van der Waals surface area contributed by atoms with Gasteiger partial charge in [-0.1, -0.05) is 73.7 Å². The molecule has 0 radical (unpaired) electrons. The molecular weight excluding hydrogens is 526 g/mol.